The smallest absolute Gasteiger partial charge is 0.348 e. The van der Waals surface area contributed by atoms with Crippen LogP contribution in [0, 0.1) is 17.2 Å². The van der Waals surface area contributed by atoms with Crippen LogP contribution >= 0.6 is 0 Å². The van der Waals surface area contributed by atoms with E-state index in [0.717, 1.165) is 18.6 Å². The molecule has 0 aliphatic rings. The molecule has 0 fully saturated rings. The highest BCUT2D eigenvalue weighted by Crippen LogP contribution is 2.19. The van der Waals surface area contributed by atoms with Crippen LogP contribution in [0.5, 0.6) is 11.5 Å². The lowest BCUT2D eigenvalue weighted by Gasteiger charge is -2.09. The van der Waals surface area contributed by atoms with E-state index in [-0.39, 0.29) is 18.1 Å². The molecule has 0 aliphatic heterocycles. The van der Waals surface area contributed by atoms with Gasteiger partial charge in [-0.15, -0.1) is 0 Å². The summed E-state index contributed by atoms with van der Waals surface area (Å²) in [5, 5.41) is 9.33. The van der Waals surface area contributed by atoms with Gasteiger partial charge in [-0.2, -0.15) is 5.26 Å². The van der Waals surface area contributed by atoms with Crippen LogP contribution in [-0.2, 0) is 9.53 Å². The minimum absolute atomic E-state index is 0.0801. The first-order valence-electron chi connectivity index (χ1n) is 14.8. The molecular weight excluding hydrogens is 502 g/mol. The van der Waals surface area contributed by atoms with E-state index in [1.165, 1.54) is 63.9 Å². The lowest BCUT2D eigenvalue weighted by atomic mass is 10.1. The van der Waals surface area contributed by atoms with Crippen molar-refractivity contribution in [3.05, 3.63) is 65.2 Å². The number of ether oxygens (including phenoxy) is 3. The van der Waals surface area contributed by atoms with E-state index in [2.05, 4.69) is 6.92 Å². The maximum absolute atomic E-state index is 12.6. The second-order valence-corrected chi connectivity index (χ2v) is 10.3. The van der Waals surface area contributed by atoms with Crippen molar-refractivity contribution < 1.29 is 23.8 Å². The van der Waals surface area contributed by atoms with Gasteiger partial charge in [0.05, 0.1) is 18.8 Å². The Morgan fingerprint density at radius 3 is 1.98 bits per heavy atom. The van der Waals surface area contributed by atoms with Gasteiger partial charge in [0.2, 0.25) is 0 Å². The third kappa shape index (κ3) is 13.0. The largest absolute Gasteiger partial charge is 0.494 e. The van der Waals surface area contributed by atoms with Gasteiger partial charge in [-0.3, -0.25) is 0 Å². The van der Waals surface area contributed by atoms with Crippen molar-refractivity contribution in [3.8, 4) is 17.6 Å². The van der Waals surface area contributed by atoms with E-state index < -0.39 is 11.9 Å². The highest BCUT2D eigenvalue weighted by Gasteiger charge is 2.13. The molecule has 1 atom stereocenters. The Hall–Kier alpha value is -3.59. The number of rotatable bonds is 19. The van der Waals surface area contributed by atoms with Crippen LogP contribution < -0.4 is 9.47 Å². The van der Waals surface area contributed by atoms with Crippen LogP contribution in [0.25, 0.3) is 6.08 Å². The number of unbranched alkanes of at least 4 members (excludes halogenated alkanes) is 9. The van der Waals surface area contributed by atoms with Gasteiger partial charge in [-0.1, -0.05) is 97.1 Å². The van der Waals surface area contributed by atoms with Gasteiger partial charge < -0.3 is 14.2 Å². The molecule has 0 unspecified atom stereocenters. The minimum atomic E-state index is -0.644. The number of benzene rings is 2. The van der Waals surface area contributed by atoms with Gasteiger partial charge in [0.25, 0.3) is 0 Å². The monoisotopic (exact) mass is 547 g/mol. The molecule has 0 aromatic heterocycles. The van der Waals surface area contributed by atoms with Crippen molar-refractivity contribution in [1.82, 2.24) is 0 Å². The summed E-state index contributed by atoms with van der Waals surface area (Å²) in [4.78, 5) is 24.7. The Bertz CT molecular complexity index is 1080. The van der Waals surface area contributed by atoms with Crippen LogP contribution in [-0.4, -0.2) is 25.2 Å². The van der Waals surface area contributed by atoms with Crippen molar-refractivity contribution >= 4 is 18.0 Å². The Balaban J connectivity index is 1.73. The highest BCUT2D eigenvalue weighted by molar-refractivity contribution is 5.98. The zero-order chi connectivity index (χ0) is 29.0. The summed E-state index contributed by atoms with van der Waals surface area (Å²) in [5.41, 5.74) is 0.968. The van der Waals surface area contributed by atoms with Gasteiger partial charge >= 0.3 is 11.9 Å². The first kappa shape index (κ1) is 32.6. The van der Waals surface area contributed by atoms with Crippen molar-refractivity contribution in [1.29, 1.82) is 5.26 Å². The summed E-state index contributed by atoms with van der Waals surface area (Å²) in [7, 11) is 0. The fourth-order valence-corrected chi connectivity index (χ4v) is 3.98. The molecule has 0 saturated carbocycles. The molecule has 2 aromatic carbocycles. The fraction of sp³-hybridized carbons (Fsp3) is 0.500. The molecule has 0 bridgehead atoms. The van der Waals surface area contributed by atoms with Crippen molar-refractivity contribution in [2.45, 2.75) is 91.4 Å². The Morgan fingerprint density at radius 1 is 0.825 bits per heavy atom. The van der Waals surface area contributed by atoms with E-state index in [9.17, 15) is 14.9 Å². The third-order valence-corrected chi connectivity index (χ3v) is 6.79. The van der Waals surface area contributed by atoms with E-state index in [1.807, 2.05) is 19.9 Å². The van der Waals surface area contributed by atoms with Crippen LogP contribution in [0.15, 0.2) is 54.1 Å². The molecule has 0 radical (unpaired) electrons. The number of nitrogens with zero attached hydrogens (tertiary/aromatic N) is 1. The number of carbonyl (C=O) groups is 2. The molecule has 0 aliphatic carbocycles. The predicted molar refractivity (Wildman–Crippen MR) is 159 cm³/mol. The zero-order valence-corrected chi connectivity index (χ0v) is 24.5. The minimum Gasteiger partial charge on any atom is -0.494 e. The molecule has 0 N–H and O–H groups in total. The molecule has 2 aromatic rings. The van der Waals surface area contributed by atoms with E-state index >= 15 is 0 Å². The summed E-state index contributed by atoms with van der Waals surface area (Å²) in [6.45, 7) is 7.18. The summed E-state index contributed by atoms with van der Waals surface area (Å²) < 4.78 is 16.5. The second kappa shape index (κ2) is 19.5. The van der Waals surface area contributed by atoms with Gasteiger partial charge in [0.1, 0.15) is 23.1 Å². The quantitative estimate of drug-likeness (QED) is 0.0575. The fourth-order valence-electron chi connectivity index (χ4n) is 3.98. The van der Waals surface area contributed by atoms with Crippen LogP contribution in [0.4, 0.5) is 0 Å². The number of esters is 2. The summed E-state index contributed by atoms with van der Waals surface area (Å²) >= 11 is 0. The molecule has 6 nitrogen and oxygen atoms in total. The standard InChI is InChI=1S/C34H45NO5/c1-4-6-7-8-9-10-11-12-13-14-23-38-31-21-17-29(18-22-31)34(37)40-32-19-15-28(16-20-32)24-30(25-35)33(36)39-26-27(3)5-2/h15-22,24,27H,4-14,23,26H2,1-3H3/b30-24+/t27-/m0/s1. The summed E-state index contributed by atoms with van der Waals surface area (Å²) in [6.07, 6.45) is 15.2. The van der Waals surface area contributed by atoms with Crippen molar-refractivity contribution in [2.75, 3.05) is 13.2 Å². The van der Waals surface area contributed by atoms with Crippen molar-refractivity contribution in [2.24, 2.45) is 5.92 Å². The highest BCUT2D eigenvalue weighted by atomic mass is 16.5. The van der Waals surface area contributed by atoms with Gasteiger partial charge in [0.15, 0.2) is 0 Å². The lowest BCUT2D eigenvalue weighted by Crippen LogP contribution is -2.12. The molecule has 0 amide bonds. The summed E-state index contributed by atoms with van der Waals surface area (Å²) in [5.74, 6) is 0.210. The molecule has 2 rings (SSSR count). The third-order valence-electron chi connectivity index (χ3n) is 6.79. The number of carbonyl (C=O) groups excluding carboxylic acids is 2. The molecule has 0 saturated heterocycles. The molecule has 6 heteroatoms. The second-order valence-electron chi connectivity index (χ2n) is 10.3. The van der Waals surface area contributed by atoms with Crippen LogP contribution in [0.2, 0.25) is 0 Å². The normalized spacial score (nSPS) is 11.9. The van der Waals surface area contributed by atoms with E-state index in [4.69, 9.17) is 14.2 Å². The average molecular weight is 548 g/mol. The molecular formula is C34H45NO5. The van der Waals surface area contributed by atoms with Crippen LogP contribution in [0.1, 0.15) is 107 Å². The Kier molecular flexibility index (Phi) is 15.9. The molecule has 40 heavy (non-hydrogen) atoms. The van der Waals surface area contributed by atoms with Gasteiger partial charge in [0, 0.05) is 0 Å². The molecule has 0 spiro atoms. The van der Waals surface area contributed by atoms with Gasteiger partial charge in [-0.25, -0.2) is 9.59 Å². The maximum atomic E-state index is 12.6. The SMILES string of the molecule is CCCCCCCCCCCCOc1ccc(C(=O)Oc2ccc(/C=C(\C#N)C(=O)OC[C@@H](C)CC)cc2)cc1. The summed E-state index contributed by atoms with van der Waals surface area (Å²) in [6, 6.07) is 15.4. The predicted octanol–water partition coefficient (Wildman–Crippen LogP) is 8.70. The first-order chi connectivity index (χ1) is 19.5. The van der Waals surface area contributed by atoms with E-state index in [1.54, 1.807) is 48.5 Å². The van der Waals surface area contributed by atoms with Crippen molar-refractivity contribution in [3.63, 3.8) is 0 Å². The number of hydrogen-bond donors (Lipinski definition) is 0. The topological polar surface area (TPSA) is 85.6 Å². The average Bonchev–Trinajstić information content (AvgIpc) is 2.98. The van der Waals surface area contributed by atoms with E-state index in [0.29, 0.717) is 23.5 Å². The zero-order valence-electron chi connectivity index (χ0n) is 24.5. The lowest BCUT2D eigenvalue weighted by molar-refractivity contribution is -0.139. The maximum Gasteiger partial charge on any atom is 0.348 e. The van der Waals surface area contributed by atoms with Crippen LogP contribution in [0.3, 0.4) is 0 Å². The number of hydrogen-bond acceptors (Lipinski definition) is 6. The molecule has 0 heterocycles. The molecule has 216 valence electrons. The Morgan fingerprint density at radius 2 is 1.40 bits per heavy atom. The van der Waals surface area contributed by atoms with Gasteiger partial charge in [-0.05, 0) is 60.4 Å². The Labute approximate surface area is 240 Å². The number of nitriles is 1. The first-order valence-corrected chi connectivity index (χ1v) is 14.8.